The van der Waals surface area contributed by atoms with E-state index in [4.69, 9.17) is 11.6 Å². The molecule has 1 heterocycles. The summed E-state index contributed by atoms with van der Waals surface area (Å²) in [4.78, 5) is 12.2. The number of H-pyrrole nitrogens is 1. The lowest BCUT2D eigenvalue weighted by Crippen LogP contribution is -2.19. The Hall–Kier alpha value is -3.12. The number of nitrogens with one attached hydrogen (secondary N) is 2. The Morgan fingerprint density at radius 3 is 2.52 bits per heavy atom. The second-order valence-corrected chi connectivity index (χ2v) is 5.80. The second-order valence-electron chi connectivity index (χ2n) is 5.36. The Bertz CT molecular complexity index is 915. The topological polar surface area (TPSA) is 90.4 Å². The minimum atomic E-state index is -0.397. The number of aromatic nitrogens is 2. The predicted molar refractivity (Wildman–Crippen MR) is 96.8 cm³/mol. The van der Waals surface area contributed by atoms with E-state index in [1.54, 1.807) is 49.4 Å². The summed E-state index contributed by atoms with van der Waals surface area (Å²) in [5.41, 5.74) is 5.68. The molecule has 0 spiro atoms. The Morgan fingerprint density at radius 2 is 1.84 bits per heavy atom. The van der Waals surface area contributed by atoms with Crippen LogP contribution in [-0.4, -0.2) is 26.9 Å². The average Bonchev–Trinajstić information content (AvgIpc) is 3.11. The number of rotatable bonds is 4. The van der Waals surface area contributed by atoms with Gasteiger partial charge < -0.3 is 5.11 Å². The molecular formula is C18H15ClN4O2. The van der Waals surface area contributed by atoms with E-state index in [0.717, 1.165) is 11.1 Å². The Balaban J connectivity index is 1.70. The van der Waals surface area contributed by atoms with Gasteiger partial charge >= 0.3 is 0 Å². The van der Waals surface area contributed by atoms with Gasteiger partial charge in [0, 0.05) is 10.6 Å². The molecule has 0 bridgehead atoms. The summed E-state index contributed by atoms with van der Waals surface area (Å²) < 4.78 is 0. The molecule has 0 atom stereocenters. The van der Waals surface area contributed by atoms with Crippen molar-refractivity contribution < 1.29 is 9.90 Å². The number of hydrogen-bond donors (Lipinski definition) is 3. The third-order valence-corrected chi connectivity index (χ3v) is 3.82. The summed E-state index contributed by atoms with van der Waals surface area (Å²) in [5.74, 6) is -0.224. The molecule has 1 aromatic heterocycles. The summed E-state index contributed by atoms with van der Waals surface area (Å²) in [6.07, 6.45) is 0. The van der Waals surface area contributed by atoms with E-state index in [0.29, 0.717) is 22.1 Å². The lowest BCUT2D eigenvalue weighted by Gasteiger charge is -2.02. The molecule has 1 amide bonds. The van der Waals surface area contributed by atoms with Crippen LogP contribution in [0.2, 0.25) is 5.02 Å². The predicted octanol–water partition coefficient (Wildman–Crippen LogP) is 3.59. The smallest absolute Gasteiger partial charge is 0.289 e. The molecule has 0 saturated carbocycles. The van der Waals surface area contributed by atoms with Crippen LogP contribution in [0.1, 0.15) is 23.0 Å². The molecule has 7 heteroatoms. The molecule has 25 heavy (non-hydrogen) atoms. The van der Waals surface area contributed by atoms with E-state index < -0.39 is 5.91 Å². The maximum atomic E-state index is 12.2. The Labute approximate surface area is 149 Å². The van der Waals surface area contributed by atoms with Gasteiger partial charge in [-0.25, -0.2) is 5.43 Å². The van der Waals surface area contributed by atoms with Crippen LogP contribution >= 0.6 is 11.6 Å². The molecule has 6 nitrogen and oxygen atoms in total. The van der Waals surface area contributed by atoms with E-state index >= 15 is 0 Å². The molecule has 0 saturated heterocycles. The molecule has 0 radical (unpaired) electrons. The van der Waals surface area contributed by atoms with Crippen LogP contribution in [0.3, 0.4) is 0 Å². The fourth-order valence-corrected chi connectivity index (χ4v) is 2.29. The summed E-state index contributed by atoms with van der Waals surface area (Å²) in [7, 11) is 0. The number of hydrazone groups is 1. The molecule has 0 aliphatic rings. The Kier molecular flexibility index (Phi) is 4.81. The van der Waals surface area contributed by atoms with Gasteiger partial charge in [-0.05, 0) is 55.0 Å². The number of amides is 1. The largest absolute Gasteiger partial charge is 0.508 e. The van der Waals surface area contributed by atoms with Gasteiger partial charge in [0.2, 0.25) is 0 Å². The van der Waals surface area contributed by atoms with Crippen molar-refractivity contribution in [3.05, 3.63) is 70.9 Å². The first-order chi connectivity index (χ1) is 12.0. The summed E-state index contributed by atoms with van der Waals surface area (Å²) in [6.45, 7) is 1.76. The lowest BCUT2D eigenvalue weighted by atomic mass is 10.1. The van der Waals surface area contributed by atoms with Crippen molar-refractivity contribution in [1.82, 2.24) is 15.6 Å². The van der Waals surface area contributed by atoms with Crippen LogP contribution in [-0.2, 0) is 0 Å². The normalized spacial score (nSPS) is 11.4. The SMILES string of the molecule is C/C(=N\NC(=O)c1cc(-c2ccc(Cl)cc2)n[nH]1)c1ccc(O)cc1. The number of halogens is 1. The van der Waals surface area contributed by atoms with Gasteiger partial charge in [-0.2, -0.15) is 10.2 Å². The average molecular weight is 355 g/mol. The van der Waals surface area contributed by atoms with E-state index in [1.807, 2.05) is 12.1 Å². The molecule has 3 N–H and O–H groups in total. The maximum Gasteiger partial charge on any atom is 0.289 e. The molecule has 2 aromatic carbocycles. The number of benzene rings is 2. The van der Waals surface area contributed by atoms with Crippen LogP contribution in [0.4, 0.5) is 0 Å². The quantitative estimate of drug-likeness (QED) is 0.494. The number of aromatic hydroxyl groups is 1. The minimum Gasteiger partial charge on any atom is -0.508 e. The van der Waals surface area contributed by atoms with Crippen molar-refractivity contribution >= 4 is 23.2 Å². The molecule has 3 rings (SSSR count). The van der Waals surface area contributed by atoms with Crippen LogP contribution in [0, 0.1) is 0 Å². The van der Waals surface area contributed by atoms with Gasteiger partial charge in [0.25, 0.3) is 5.91 Å². The first-order valence-corrected chi connectivity index (χ1v) is 7.86. The molecule has 0 aliphatic carbocycles. The van der Waals surface area contributed by atoms with E-state index in [1.165, 1.54) is 0 Å². The number of carbonyl (C=O) groups excluding carboxylic acids is 1. The molecule has 0 fully saturated rings. The highest BCUT2D eigenvalue weighted by molar-refractivity contribution is 6.30. The molecule has 0 unspecified atom stereocenters. The van der Waals surface area contributed by atoms with Crippen molar-refractivity contribution in [2.45, 2.75) is 6.92 Å². The Morgan fingerprint density at radius 1 is 1.16 bits per heavy atom. The summed E-state index contributed by atoms with van der Waals surface area (Å²) in [6, 6.07) is 15.4. The number of hydrogen-bond acceptors (Lipinski definition) is 4. The highest BCUT2D eigenvalue weighted by Crippen LogP contribution is 2.20. The van der Waals surface area contributed by atoms with Gasteiger partial charge in [0.15, 0.2) is 0 Å². The second kappa shape index (κ2) is 7.19. The zero-order chi connectivity index (χ0) is 17.8. The van der Waals surface area contributed by atoms with Gasteiger partial charge in [-0.3, -0.25) is 9.89 Å². The highest BCUT2D eigenvalue weighted by Gasteiger charge is 2.11. The zero-order valence-corrected chi connectivity index (χ0v) is 14.1. The van der Waals surface area contributed by atoms with Crippen molar-refractivity contribution in [3.8, 4) is 17.0 Å². The monoisotopic (exact) mass is 354 g/mol. The van der Waals surface area contributed by atoms with Gasteiger partial charge in [-0.1, -0.05) is 23.7 Å². The zero-order valence-electron chi connectivity index (χ0n) is 13.3. The number of phenolic OH excluding ortho intramolecular Hbond substituents is 1. The third kappa shape index (κ3) is 4.05. The fraction of sp³-hybridized carbons (Fsp3) is 0.0556. The first kappa shape index (κ1) is 16.7. The van der Waals surface area contributed by atoms with Crippen LogP contribution in [0.5, 0.6) is 5.75 Å². The van der Waals surface area contributed by atoms with E-state index in [9.17, 15) is 9.90 Å². The third-order valence-electron chi connectivity index (χ3n) is 3.57. The lowest BCUT2D eigenvalue weighted by molar-refractivity contribution is 0.0950. The van der Waals surface area contributed by atoms with Crippen LogP contribution in [0.25, 0.3) is 11.3 Å². The minimum absolute atomic E-state index is 0.174. The van der Waals surface area contributed by atoms with Crippen molar-refractivity contribution in [3.63, 3.8) is 0 Å². The number of phenols is 1. The molecular weight excluding hydrogens is 340 g/mol. The molecule has 0 aliphatic heterocycles. The van der Waals surface area contributed by atoms with Crippen LogP contribution in [0.15, 0.2) is 59.7 Å². The van der Waals surface area contributed by atoms with Gasteiger partial charge in [0.05, 0.1) is 11.4 Å². The van der Waals surface area contributed by atoms with Gasteiger partial charge in [0.1, 0.15) is 11.4 Å². The van der Waals surface area contributed by atoms with Crippen molar-refractivity contribution in [2.24, 2.45) is 5.10 Å². The molecule has 126 valence electrons. The fourth-order valence-electron chi connectivity index (χ4n) is 2.17. The first-order valence-electron chi connectivity index (χ1n) is 7.48. The van der Waals surface area contributed by atoms with Gasteiger partial charge in [-0.15, -0.1) is 0 Å². The highest BCUT2D eigenvalue weighted by atomic mass is 35.5. The standard InChI is InChI=1S/C18H15ClN4O2/c1-11(12-4-8-15(24)9-5-12)20-23-18(25)17-10-16(21-22-17)13-2-6-14(19)7-3-13/h2-10,24H,1H3,(H,21,22)(H,23,25)/b20-11+. The molecule has 3 aromatic rings. The van der Waals surface area contributed by atoms with Crippen molar-refractivity contribution in [2.75, 3.05) is 0 Å². The summed E-state index contributed by atoms with van der Waals surface area (Å²) >= 11 is 5.86. The van der Waals surface area contributed by atoms with E-state index in [-0.39, 0.29) is 5.75 Å². The maximum absolute atomic E-state index is 12.2. The number of carbonyl (C=O) groups is 1. The number of aromatic amines is 1. The number of nitrogens with zero attached hydrogens (tertiary/aromatic N) is 2. The van der Waals surface area contributed by atoms with Crippen LogP contribution < -0.4 is 5.43 Å². The van der Waals surface area contributed by atoms with Crippen molar-refractivity contribution in [1.29, 1.82) is 0 Å². The van der Waals surface area contributed by atoms with E-state index in [2.05, 4.69) is 20.7 Å². The summed E-state index contributed by atoms with van der Waals surface area (Å²) in [5, 5.41) is 20.8.